The van der Waals surface area contributed by atoms with Gasteiger partial charge in [-0.2, -0.15) is 0 Å². The molecule has 112 valence electrons. The highest BCUT2D eigenvalue weighted by Crippen LogP contribution is 2.56. The molecule has 1 saturated carbocycles. The van der Waals surface area contributed by atoms with Gasteiger partial charge in [0.1, 0.15) is 0 Å². The Hall–Kier alpha value is -2.27. The van der Waals surface area contributed by atoms with Crippen LogP contribution in [0.2, 0.25) is 0 Å². The van der Waals surface area contributed by atoms with Gasteiger partial charge in [-0.05, 0) is 17.0 Å². The molecule has 5 heteroatoms. The summed E-state index contributed by atoms with van der Waals surface area (Å²) in [6, 6.07) is 12.9. The molecular formula is C17H14O4S. The van der Waals surface area contributed by atoms with E-state index in [-0.39, 0.29) is 11.7 Å². The minimum atomic E-state index is -0.882. The fraction of sp³-hybridized carbons (Fsp3) is 0.235. The summed E-state index contributed by atoms with van der Waals surface area (Å²) >= 11 is 1.35. The number of benzene rings is 1. The van der Waals surface area contributed by atoms with Gasteiger partial charge in [-0.15, -0.1) is 11.3 Å². The second-order valence-corrected chi connectivity index (χ2v) is 6.13. The second-order valence-electron chi connectivity index (χ2n) is 5.19. The van der Waals surface area contributed by atoms with Crippen LogP contribution in [-0.4, -0.2) is 24.6 Å². The van der Waals surface area contributed by atoms with E-state index < -0.39 is 23.6 Å². The third-order valence-electron chi connectivity index (χ3n) is 3.96. The number of hydrogen-bond acceptors (Lipinski definition) is 5. The number of Topliss-reactive ketones (excluding diaryl/α,β-unsaturated/α-hetero) is 2. The molecule has 3 rings (SSSR count). The van der Waals surface area contributed by atoms with Gasteiger partial charge in [0.15, 0.2) is 5.78 Å². The molecule has 1 aromatic heterocycles. The maximum Gasteiger partial charge on any atom is 0.374 e. The van der Waals surface area contributed by atoms with Gasteiger partial charge in [-0.1, -0.05) is 36.4 Å². The molecule has 0 radical (unpaired) electrons. The summed E-state index contributed by atoms with van der Waals surface area (Å²) in [7, 11) is 1.18. The number of ketones is 2. The Kier molecular flexibility index (Phi) is 3.90. The monoisotopic (exact) mass is 314 g/mol. The van der Waals surface area contributed by atoms with E-state index in [9.17, 15) is 14.4 Å². The van der Waals surface area contributed by atoms with Gasteiger partial charge in [0.05, 0.1) is 12.0 Å². The van der Waals surface area contributed by atoms with Crippen LogP contribution in [0.4, 0.5) is 0 Å². The molecule has 1 aliphatic carbocycles. The van der Waals surface area contributed by atoms with Crippen LogP contribution in [0.1, 0.15) is 21.2 Å². The molecule has 0 spiro atoms. The Balaban J connectivity index is 1.91. The molecule has 0 aliphatic heterocycles. The summed E-state index contributed by atoms with van der Waals surface area (Å²) in [6.07, 6.45) is 0. The van der Waals surface area contributed by atoms with Gasteiger partial charge in [0.25, 0.3) is 0 Å². The lowest BCUT2D eigenvalue weighted by molar-refractivity contribution is -0.152. The van der Waals surface area contributed by atoms with Crippen LogP contribution < -0.4 is 0 Å². The minimum absolute atomic E-state index is 0.0777. The number of methoxy groups -OCH3 is 1. The smallest absolute Gasteiger partial charge is 0.374 e. The van der Waals surface area contributed by atoms with E-state index in [2.05, 4.69) is 4.74 Å². The van der Waals surface area contributed by atoms with Crippen molar-refractivity contribution in [3.05, 3.63) is 58.3 Å². The Morgan fingerprint density at radius 3 is 2.32 bits per heavy atom. The standard InChI is InChI=1S/C17H14O4S/c1-21-17(20)16(19)14-12(10-6-3-2-4-7-10)13(14)15(18)11-8-5-9-22-11/h2-9,12-14H,1H3/t12-,13-,14+/m0/s1. The number of carbonyl (C=O) groups excluding carboxylic acids is 3. The molecule has 1 heterocycles. The highest BCUT2D eigenvalue weighted by Gasteiger charge is 2.60. The van der Waals surface area contributed by atoms with Crippen LogP contribution >= 0.6 is 11.3 Å². The average Bonchev–Trinajstić information content (AvgIpc) is 3.06. The summed E-state index contributed by atoms with van der Waals surface area (Å²) in [5, 5.41) is 1.82. The first-order valence-corrected chi connectivity index (χ1v) is 7.78. The molecule has 1 aromatic carbocycles. The maximum absolute atomic E-state index is 12.6. The van der Waals surface area contributed by atoms with E-state index >= 15 is 0 Å². The first-order chi connectivity index (χ1) is 10.6. The lowest BCUT2D eigenvalue weighted by Crippen LogP contribution is -2.19. The third-order valence-corrected chi connectivity index (χ3v) is 4.84. The van der Waals surface area contributed by atoms with E-state index in [0.717, 1.165) is 5.56 Å². The van der Waals surface area contributed by atoms with Crippen molar-refractivity contribution in [2.45, 2.75) is 5.92 Å². The van der Waals surface area contributed by atoms with E-state index in [1.807, 2.05) is 35.7 Å². The molecule has 4 nitrogen and oxygen atoms in total. The molecule has 1 aliphatic rings. The van der Waals surface area contributed by atoms with Crippen molar-refractivity contribution in [1.29, 1.82) is 0 Å². The summed E-state index contributed by atoms with van der Waals surface area (Å²) in [5.41, 5.74) is 0.902. The van der Waals surface area contributed by atoms with Crippen LogP contribution in [0.5, 0.6) is 0 Å². The summed E-state index contributed by atoms with van der Waals surface area (Å²) < 4.78 is 4.52. The van der Waals surface area contributed by atoms with Crippen molar-refractivity contribution >= 4 is 28.9 Å². The van der Waals surface area contributed by atoms with Gasteiger partial charge in [-0.3, -0.25) is 9.59 Å². The Bertz CT molecular complexity index is 706. The number of esters is 1. The first kappa shape index (κ1) is 14.7. The van der Waals surface area contributed by atoms with Crippen LogP contribution in [0.25, 0.3) is 0 Å². The molecule has 2 aromatic rings. The number of carbonyl (C=O) groups is 3. The number of ether oxygens (including phenoxy) is 1. The quantitative estimate of drug-likeness (QED) is 0.484. The van der Waals surface area contributed by atoms with E-state index in [0.29, 0.717) is 4.88 Å². The first-order valence-electron chi connectivity index (χ1n) is 6.90. The van der Waals surface area contributed by atoms with Crippen molar-refractivity contribution in [2.75, 3.05) is 7.11 Å². The number of thiophene rings is 1. The zero-order valence-electron chi connectivity index (χ0n) is 11.9. The number of hydrogen-bond donors (Lipinski definition) is 0. The predicted octanol–water partition coefficient (Wildman–Crippen LogP) is 2.70. The fourth-order valence-electron chi connectivity index (χ4n) is 2.87. The zero-order chi connectivity index (χ0) is 15.7. The normalized spacial score (nSPS) is 22.9. The summed E-state index contributed by atoms with van der Waals surface area (Å²) in [6.45, 7) is 0. The van der Waals surface area contributed by atoms with Gasteiger partial charge in [-0.25, -0.2) is 4.79 Å². The van der Waals surface area contributed by atoms with Gasteiger partial charge >= 0.3 is 5.97 Å². The zero-order valence-corrected chi connectivity index (χ0v) is 12.7. The average molecular weight is 314 g/mol. The Labute approximate surface area is 131 Å². The van der Waals surface area contributed by atoms with Gasteiger partial charge < -0.3 is 4.74 Å². The van der Waals surface area contributed by atoms with Crippen LogP contribution in [0.15, 0.2) is 47.8 Å². The Morgan fingerprint density at radius 1 is 1.00 bits per heavy atom. The minimum Gasteiger partial charge on any atom is -0.463 e. The molecule has 0 bridgehead atoms. The third kappa shape index (κ3) is 2.48. The fourth-order valence-corrected chi connectivity index (χ4v) is 3.59. The SMILES string of the molecule is COC(=O)C(=O)[C@H]1[C@@H](C(=O)c2cccs2)[C@@H]1c1ccccc1. The van der Waals surface area contributed by atoms with Crippen LogP contribution in [-0.2, 0) is 14.3 Å². The molecule has 0 unspecified atom stereocenters. The molecular weight excluding hydrogens is 300 g/mol. The molecule has 0 N–H and O–H groups in total. The maximum atomic E-state index is 12.6. The highest BCUT2D eigenvalue weighted by molar-refractivity contribution is 7.12. The van der Waals surface area contributed by atoms with E-state index in [1.165, 1.54) is 18.4 Å². The van der Waals surface area contributed by atoms with Crippen molar-refractivity contribution < 1.29 is 19.1 Å². The van der Waals surface area contributed by atoms with E-state index in [4.69, 9.17) is 0 Å². The molecule has 1 fully saturated rings. The van der Waals surface area contributed by atoms with Crippen LogP contribution in [0, 0.1) is 11.8 Å². The van der Waals surface area contributed by atoms with Crippen molar-refractivity contribution in [3.8, 4) is 0 Å². The molecule has 3 atom stereocenters. The van der Waals surface area contributed by atoms with E-state index in [1.54, 1.807) is 12.1 Å². The number of rotatable bonds is 5. The van der Waals surface area contributed by atoms with Gasteiger partial charge in [0.2, 0.25) is 5.78 Å². The lowest BCUT2D eigenvalue weighted by atomic mass is 10.1. The predicted molar refractivity (Wildman–Crippen MR) is 81.8 cm³/mol. The van der Waals surface area contributed by atoms with Crippen LogP contribution in [0.3, 0.4) is 0 Å². The lowest BCUT2D eigenvalue weighted by Gasteiger charge is -1.98. The summed E-state index contributed by atoms with van der Waals surface area (Å²) in [4.78, 5) is 36.9. The second kappa shape index (κ2) is 5.85. The van der Waals surface area contributed by atoms with Crippen molar-refractivity contribution in [1.82, 2.24) is 0 Å². The van der Waals surface area contributed by atoms with Gasteiger partial charge in [0, 0.05) is 17.8 Å². The topological polar surface area (TPSA) is 60.4 Å². The molecule has 0 amide bonds. The molecule has 22 heavy (non-hydrogen) atoms. The molecule has 0 saturated heterocycles. The summed E-state index contributed by atoms with van der Waals surface area (Å²) in [5.74, 6) is -2.93. The highest BCUT2D eigenvalue weighted by atomic mass is 32.1. The van der Waals surface area contributed by atoms with Crippen molar-refractivity contribution in [2.24, 2.45) is 11.8 Å². The largest absolute Gasteiger partial charge is 0.463 e. The van der Waals surface area contributed by atoms with Crippen molar-refractivity contribution in [3.63, 3.8) is 0 Å². The Morgan fingerprint density at radius 2 is 1.73 bits per heavy atom.